The Balaban J connectivity index is 1.67. The van der Waals surface area contributed by atoms with Crippen LogP contribution in [0.5, 0.6) is 0 Å². The highest BCUT2D eigenvalue weighted by Crippen LogP contribution is 2.22. The molecule has 2 aromatic rings. The maximum absolute atomic E-state index is 12.5. The van der Waals surface area contributed by atoms with E-state index in [1.54, 1.807) is 17.2 Å². The largest absolute Gasteiger partial charge is 0.333 e. The van der Waals surface area contributed by atoms with Gasteiger partial charge in [0.15, 0.2) is 0 Å². The van der Waals surface area contributed by atoms with Gasteiger partial charge in [0.25, 0.3) is 0 Å². The first-order valence-corrected chi connectivity index (χ1v) is 7.07. The van der Waals surface area contributed by atoms with Crippen molar-refractivity contribution >= 4 is 5.91 Å². The highest BCUT2D eigenvalue weighted by molar-refractivity contribution is 5.76. The van der Waals surface area contributed by atoms with Crippen LogP contribution in [0.3, 0.4) is 0 Å². The van der Waals surface area contributed by atoms with Gasteiger partial charge in [-0.05, 0) is 11.6 Å². The molecule has 0 aromatic carbocycles. The molecule has 1 fully saturated rings. The third-order valence-corrected chi connectivity index (χ3v) is 3.65. The van der Waals surface area contributed by atoms with E-state index in [-0.39, 0.29) is 11.9 Å². The minimum Gasteiger partial charge on any atom is -0.333 e. The number of amides is 1. The van der Waals surface area contributed by atoms with Crippen molar-refractivity contribution in [2.75, 3.05) is 19.6 Å². The van der Waals surface area contributed by atoms with Gasteiger partial charge in [0.05, 0.1) is 12.6 Å². The Hall–Kier alpha value is -2.28. The zero-order valence-corrected chi connectivity index (χ0v) is 11.7. The highest BCUT2D eigenvalue weighted by Gasteiger charge is 2.27. The van der Waals surface area contributed by atoms with Crippen LogP contribution < -0.4 is 5.32 Å². The van der Waals surface area contributed by atoms with Gasteiger partial charge in [-0.15, -0.1) is 0 Å². The van der Waals surface area contributed by atoms with E-state index < -0.39 is 0 Å². The first kappa shape index (κ1) is 13.7. The Morgan fingerprint density at radius 1 is 1.43 bits per heavy atom. The summed E-state index contributed by atoms with van der Waals surface area (Å²) in [6.45, 7) is 2.87. The lowest BCUT2D eigenvalue weighted by atomic mass is 10.0. The summed E-state index contributed by atoms with van der Waals surface area (Å²) in [5, 5.41) is 7.36. The number of piperazine rings is 1. The first-order valence-electron chi connectivity index (χ1n) is 7.07. The second-order valence-corrected chi connectivity index (χ2v) is 5.00. The van der Waals surface area contributed by atoms with Crippen LogP contribution in [-0.2, 0) is 11.3 Å². The van der Waals surface area contributed by atoms with Crippen LogP contribution in [-0.4, -0.2) is 50.2 Å². The molecule has 0 spiro atoms. The number of carbonyl (C=O) groups is 1. The van der Waals surface area contributed by atoms with Gasteiger partial charge in [0, 0.05) is 38.4 Å². The third kappa shape index (κ3) is 3.25. The van der Waals surface area contributed by atoms with Gasteiger partial charge in [0.1, 0.15) is 12.7 Å². The van der Waals surface area contributed by atoms with Crippen LogP contribution in [0.1, 0.15) is 18.0 Å². The molecule has 0 bridgehead atoms. The molecular formula is C14H18N6O. The predicted octanol–water partition coefficient (Wildman–Crippen LogP) is 0.236. The zero-order chi connectivity index (χ0) is 14.5. The van der Waals surface area contributed by atoms with Crippen LogP contribution >= 0.6 is 0 Å². The quantitative estimate of drug-likeness (QED) is 0.871. The average Bonchev–Trinajstić information content (AvgIpc) is 3.07. The standard InChI is InChI=1S/C14H18N6O/c21-14(3-6-19-11-17-10-18-19)20-7-5-16-9-13(20)12-2-1-4-15-8-12/h1-2,4,8,10-11,13,16H,3,5-7,9H2. The summed E-state index contributed by atoms with van der Waals surface area (Å²) in [7, 11) is 0. The van der Waals surface area contributed by atoms with Gasteiger partial charge in [-0.1, -0.05) is 6.07 Å². The first-order chi connectivity index (χ1) is 10.3. The summed E-state index contributed by atoms with van der Waals surface area (Å²) in [6.07, 6.45) is 7.11. The van der Waals surface area contributed by atoms with E-state index in [1.165, 1.54) is 6.33 Å². The van der Waals surface area contributed by atoms with Crippen molar-refractivity contribution < 1.29 is 4.79 Å². The second-order valence-electron chi connectivity index (χ2n) is 5.00. The van der Waals surface area contributed by atoms with Gasteiger partial charge < -0.3 is 10.2 Å². The van der Waals surface area contributed by atoms with E-state index >= 15 is 0 Å². The van der Waals surface area contributed by atoms with Crippen molar-refractivity contribution in [2.45, 2.75) is 19.0 Å². The molecule has 7 heteroatoms. The molecule has 1 aliphatic heterocycles. The summed E-state index contributed by atoms with van der Waals surface area (Å²) < 4.78 is 1.68. The topological polar surface area (TPSA) is 75.9 Å². The number of carbonyl (C=O) groups excluding carboxylic acids is 1. The Kier molecular flexibility index (Phi) is 4.20. The van der Waals surface area contributed by atoms with Crippen LogP contribution in [0.25, 0.3) is 0 Å². The minimum absolute atomic E-state index is 0.0516. The monoisotopic (exact) mass is 286 g/mol. The molecule has 1 atom stereocenters. The van der Waals surface area contributed by atoms with E-state index in [2.05, 4.69) is 20.4 Å². The summed E-state index contributed by atoms with van der Waals surface area (Å²) in [6, 6.07) is 3.97. The lowest BCUT2D eigenvalue weighted by molar-refractivity contribution is -0.134. The maximum Gasteiger partial charge on any atom is 0.225 e. The minimum atomic E-state index is 0.0516. The molecule has 1 N–H and O–H groups in total. The Labute approximate surface area is 123 Å². The summed E-state index contributed by atoms with van der Waals surface area (Å²) in [5.41, 5.74) is 1.07. The zero-order valence-electron chi connectivity index (χ0n) is 11.7. The molecule has 1 saturated heterocycles. The number of nitrogens with zero attached hydrogens (tertiary/aromatic N) is 5. The fourth-order valence-corrected chi connectivity index (χ4v) is 2.58. The molecular weight excluding hydrogens is 268 g/mol. The highest BCUT2D eigenvalue weighted by atomic mass is 16.2. The van der Waals surface area contributed by atoms with Crippen LogP contribution in [0.15, 0.2) is 37.2 Å². The number of pyridine rings is 1. The Bertz CT molecular complexity index is 570. The lowest BCUT2D eigenvalue weighted by Crippen LogP contribution is -2.48. The molecule has 2 aromatic heterocycles. The lowest BCUT2D eigenvalue weighted by Gasteiger charge is -2.36. The third-order valence-electron chi connectivity index (χ3n) is 3.65. The average molecular weight is 286 g/mol. The maximum atomic E-state index is 12.5. The molecule has 3 rings (SSSR count). The number of aryl methyl sites for hydroxylation is 1. The van der Waals surface area contributed by atoms with Gasteiger partial charge in [-0.3, -0.25) is 14.5 Å². The van der Waals surface area contributed by atoms with Crippen LogP contribution in [0, 0.1) is 0 Å². The number of hydrogen-bond donors (Lipinski definition) is 1. The molecule has 0 aliphatic carbocycles. The summed E-state index contributed by atoms with van der Waals surface area (Å²) in [4.78, 5) is 22.5. The second kappa shape index (κ2) is 6.45. The summed E-state index contributed by atoms with van der Waals surface area (Å²) in [5.74, 6) is 0.140. The Morgan fingerprint density at radius 3 is 3.14 bits per heavy atom. The van der Waals surface area contributed by atoms with Gasteiger partial charge in [-0.25, -0.2) is 4.98 Å². The van der Waals surface area contributed by atoms with E-state index in [0.717, 1.165) is 25.2 Å². The van der Waals surface area contributed by atoms with Gasteiger partial charge in [-0.2, -0.15) is 5.10 Å². The SMILES string of the molecule is O=C(CCn1cncn1)N1CCNCC1c1cccnc1. The van der Waals surface area contributed by atoms with Gasteiger partial charge in [0.2, 0.25) is 5.91 Å². The van der Waals surface area contributed by atoms with E-state index in [0.29, 0.717) is 13.0 Å². The molecule has 21 heavy (non-hydrogen) atoms. The smallest absolute Gasteiger partial charge is 0.225 e. The number of hydrogen-bond acceptors (Lipinski definition) is 5. The van der Waals surface area contributed by atoms with E-state index in [4.69, 9.17) is 0 Å². The molecule has 1 unspecified atom stereocenters. The number of aromatic nitrogens is 4. The molecule has 3 heterocycles. The molecule has 110 valence electrons. The molecule has 1 aliphatic rings. The van der Waals surface area contributed by atoms with Crippen LogP contribution in [0.2, 0.25) is 0 Å². The normalized spacial score (nSPS) is 18.7. The van der Waals surface area contributed by atoms with Crippen molar-refractivity contribution in [1.29, 1.82) is 0 Å². The van der Waals surface area contributed by atoms with Crippen molar-refractivity contribution in [3.63, 3.8) is 0 Å². The van der Waals surface area contributed by atoms with E-state index in [9.17, 15) is 4.79 Å². The molecule has 0 saturated carbocycles. The van der Waals surface area contributed by atoms with Crippen molar-refractivity contribution in [3.8, 4) is 0 Å². The summed E-state index contributed by atoms with van der Waals surface area (Å²) >= 11 is 0. The van der Waals surface area contributed by atoms with Crippen LogP contribution in [0.4, 0.5) is 0 Å². The predicted molar refractivity (Wildman–Crippen MR) is 76.2 cm³/mol. The van der Waals surface area contributed by atoms with Crippen molar-refractivity contribution in [3.05, 3.63) is 42.7 Å². The fourth-order valence-electron chi connectivity index (χ4n) is 2.58. The van der Waals surface area contributed by atoms with E-state index in [1.807, 2.05) is 23.2 Å². The number of nitrogens with one attached hydrogen (secondary N) is 1. The number of rotatable bonds is 4. The fraction of sp³-hybridized carbons (Fsp3) is 0.429. The Morgan fingerprint density at radius 2 is 2.38 bits per heavy atom. The van der Waals surface area contributed by atoms with Crippen molar-refractivity contribution in [2.24, 2.45) is 0 Å². The molecule has 1 amide bonds. The molecule has 0 radical (unpaired) electrons. The van der Waals surface area contributed by atoms with Crippen molar-refractivity contribution in [1.82, 2.24) is 30.0 Å². The van der Waals surface area contributed by atoms with Gasteiger partial charge >= 0.3 is 0 Å². The molecule has 7 nitrogen and oxygen atoms in total.